The molecule has 2 N–H and O–H groups in total. The van der Waals surface area contributed by atoms with Crippen molar-refractivity contribution in [3.63, 3.8) is 0 Å². The lowest BCUT2D eigenvalue weighted by Crippen LogP contribution is -2.05. The number of nitrogens with zero attached hydrogens (tertiary/aromatic N) is 1. The third-order valence-electron chi connectivity index (χ3n) is 1.49. The van der Waals surface area contributed by atoms with E-state index in [0.717, 1.165) is 0 Å². The second-order valence-corrected chi connectivity index (χ2v) is 2.29. The minimum absolute atomic E-state index is 0.152. The minimum atomic E-state index is -0.532. The van der Waals surface area contributed by atoms with Crippen LogP contribution in [0, 0.1) is 12.3 Å². The number of carbonyl (C=O) groups is 1. The summed E-state index contributed by atoms with van der Waals surface area (Å²) in [6.07, 6.45) is 6.49. The summed E-state index contributed by atoms with van der Waals surface area (Å²) in [5.74, 6) is 1.81. The molecule has 0 fully saturated rings. The summed E-state index contributed by atoms with van der Waals surface area (Å²) in [5, 5.41) is 0. The molecule has 0 unspecified atom stereocenters. The Hall–Kier alpha value is -2.02. The largest absolute Gasteiger partial charge is 0.464 e. The Balaban J connectivity index is 3.11. The Morgan fingerprint density at radius 1 is 1.77 bits per heavy atom. The number of hydrogen-bond donors (Lipinski definition) is 1. The number of terminal acetylenes is 1. The molecule has 1 rings (SSSR count). The summed E-state index contributed by atoms with van der Waals surface area (Å²) >= 11 is 0. The summed E-state index contributed by atoms with van der Waals surface area (Å²) in [4.78, 5) is 14.8. The van der Waals surface area contributed by atoms with Crippen molar-refractivity contribution in [2.24, 2.45) is 0 Å². The first-order valence-electron chi connectivity index (χ1n) is 3.49. The monoisotopic (exact) mass is 176 g/mol. The highest BCUT2D eigenvalue weighted by atomic mass is 16.5. The highest BCUT2D eigenvalue weighted by Gasteiger charge is 2.08. The van der Waals surface area contributed by atoms with Crippen LogP contribution in [0.5, 0.6) is 0 Å². The van der Waals surface area contributed by atoms with E-state index in [1.807, 2.05) is 0 Å². The molecule has 0 bridgehead atoms. The maximum absolute atomic E-state index is 11.0. The third-order valence-corrected chi connectivity index (χ3v) is 1.49. The molecule has 0 amide bonds. The van der Waals surface area contributed by atoms with Crippen molar-refractivity contribution in [3.8, 4) is 12.3 Å². The van der Waals surface area contributed by atoms with Gasteiger partial charge in [-0.15, -0.1) is 6.42 Å². The molecule has 0 aliphatic heterocycles. The minimum Gasteiger partial charge on any atom is -0.464 e. The van der Waals surface area contributed by atoms with E-state index >= 15 is 0 Å². The van der Waals surface area contributed by atoms with E-state index in [1.54, 1.807) is 0 Å². The SMILES string of the molecule is C#Cc1cnc(C(=O)OC)cc1N. The second-order valence-electron chi connectivity index (χ2n) is 2.29. The van der Waals surface area contributed by atoms with Crippen molar-refractivity contribution < 1.29 is 9.53 Å². The smallest absolute Gasteiger partial charge is 0.356 e. The van der Waals surface area contributed by atoms with Crippen LogP contribution < -0.4 is 5.73 Å². The van der Waals surface area contributed by atoms with Gasteiger partial charge in [0.15, 0.2) is 0 Å². The average molecular weight is 176 g/mol. The van der Waals surface area contributed by atoms with E-state index in [4.69, 9.17) is 12.2 Å². The van der Waals surface area contributed by atoms with Gasteiger partial charge in [0.2, 0.25) is 0 Å². The van der Waals surface area contributed by atoms with Crippen LogP contribution in [0.1, 0.15) is 16.1 Å². The normalized spacial score (nSPS) is 8.92. The molecule has 4 heteroatoms. The van der Waals surface area contributed by atoms with Crippen molar-refractivity contribution >= 4 is 11.7 Å². The highest BCUT2D eigenvalue weighted by Crippen LogP contribution is 2.10. The molecule has 1 aromatic rings. The number of nitrogens with two attached hydrogens (primary N) is 1. The van der Waals surface area contributed by atoms with Gasteiger partial charge in [0.25, 0.3) is 0 Å². The Morgan fingerprint density at radius 2 is 2.46 bits per heavy atom. The number of carbonyl (C=O) groups excluding carboxylic acids is 1. The van der Waals surface area contributed by atoms with Crippen LogP contribution in [-0.2, 0) is 4.74 Å². The maximum atomic E-state index is 11.0. The van der Waals surface area contributed by atoms with Crippen LogP contribution >= 0.6 is 0 Å². The number of pyridine rings is 1. The zero-order valence-electron chi connectivity index (χ0n) is 7.07. The van der Waals surface area contributed by atoms with Gasteiger partial charge in [-0.2, -0.15) is 0 Å². The second kappa shape index (κ2) is 3.59. The topological polar surface area (TPSA) is 65.2 Å². The first-order valence-corrected chi connectivity index (χ1v) is 3.49. The van der Waals surface area contributed by atoms with E-state index in [2.05, 4.69) is 15.6 Å². The summed E-state index contributed by atoms with van der Waals surface area (Å²) < 4.78 is 4.46. The molecule has 0 aliphatic rings. The van der Waals surface area contributed by atoms with Crippen LogP contribution in [0.4, 0.5) is 5.69 Å². The van der Waals surface area contributed by atoms with Gasteiger partial charge in [-0.3, -0.25) is 0 Å². The number of hydrogen-bond acceptors (Lipinski definition) is 4. The Bertz CT molecular complexity index is 380. The average Bonchev–Trinajstić information content (AvgIpc) is 2.16. The number of esters is 1. The van der Waals surface area contributed by atoms with Crippen molar-refractivity contribution in [1.29, 1.82) is 0 Å². The zero-order valence-corrected chi connectivity index (χ0v) is 7.07. The number of nitrogen functional groups attached to an aromatic ring is 1. The molecule has 4 nitrogen and oxygen atoms in total. The van der Waals surface area contributed by atoms with E-state index in [9.17, 15) is 4.79 Å². The van der Waals surface area contributed by atoms with Gasteiger partial charge in [0, 0.05) is 6.20 Å². The fraction of sp³-hybridized carbons (Fsp3) is 0.111. The van der Waals surface area contributed by atoms with Crippen molar-refractivity contribution in [2.75, 3.05) is 12.8 Å². The molecule has 0 aliphatic carbocycles. The lowest BCUT2D eigenvalue weighted by molar-refractivity contribution is 0.0594. The van der Waals surface area contributed by atoms with Gasteiger partial charge in [-0.05, 0) is 6.07 Å². The Morgan fingerprint density at radius 3 is 2.92 bits per heavy atom. The molecule has 1 aromatic heterocycles. The zero-order chi connectivity index (χ0) is 9.84. The van der Waals surface area contributed by atoms with Gasteiger partial charge in [0.05, 0.1) is 18.4 Å². The van der Waals surface area contributed by atoms with Crippen molar-refractivity contribution in [3.05, 3.63) is 23.5 Å². The standard InChI is InChI=1S/C9H8N2O2/c1-3-6-5-11-8(4-7(6)10)9(12)13-2/h1,4-5H,2H3,(H2,10,11). The molecule has 66 valence electrons. The molecule has 13 heavy (non-hydrogen) atoms. The molecule has 0 spiro atoms. The Kier molecular flexibility index (Phi) is 2.50. The van der Waals surface area contributed by atoms with E-state index in [0.29, 0.717) is 11.3 Å². The molecule has 1 heterocycles. The first kappa shape index (κ1) is 9.07. The lowest BCUT2D eigenvalue weighted by atomic mass is 10.2. The summed E-state index contributed by atoms with van der Waals surface area (Å²) in [7, 11) is 1.27. The van der Waals surface area contributed by atoms with Gasteiger partial charge in [-0.25, -0.2) is 9.78 Å². The number of anilines is 1. The van der Waals surface area contributed by atoms with Crippen LogP contribution in [-0.4, -0.2) is 18.1 Å². The van der Waals surface area contributed by atoms with Crippen LogP contribution in [0.15, 0.2) is 12.3 Å². The van der Waals surface area contributed by atoms with Gasteiger partial charge in [-0.1, -0.05) is 5.92 Å². The van der Waals surface area contributed by atoms with Crippen LogP contribution in [0.2, 0.25) is 0 Å². The van der Waals surface area contributed by atoms with Crippen molar-refractivity contribution in [2.45, 2.75) is 0 Å². The fourth-order valence-electron chi connectivity index (χ4n) is 0.808. The van der Waals surface area contributed by atoms with Crippen LogP contribution in [0.25, 0.3) is 0 Å². The third kappa shape index (κ3) is 1.76. The summed E-state index contributed by atoms with van der Waals surface area (Å²) in [6, 6.07) is 1.39. The molecule has 0 saturated heterocycles. The van der Waals surface area contributed by atoms with E-state index < -0.39 is 5.97 Å². The molecule has 0 atom stereocenters. The predicted octanol–water partition coefficient (Wildman–Crippen LogP) is 0.432. The molecule has 0 radical (unpaired) electrons. The first-order chi connectivity index (χ1) is 6.19. The number of methoxy groups -OCH3 is 1. The Labute approximate surface area is 75.7 Å². The van der Waals surface area contributed by atoms with E-state index in [1.165, 1.54) is 19.4 Å². The number of ether oxygens (including phenoxy) is 1. The summed E-state index contributed by atoms with van der Waals surface area (Å²) in [5.41, 5.74) is 6.50. The fourth-order valence-corrected chi connectivity index (χ4v) is 0.808. The van der Waals surface area contributed by atoms with E-state index in [-0.39, 0.29) is 5.69 Å². The number of rotatable bonds is 1. The van der Waals surface area contributed by atoms with Gasteiger partial charge in [0.1, 0.15) is 5.69 Å². The summed E-state index contributed by atoms with van der Waals surface area (Å²) in [6.45, 7) is 0. The van der Waals surface area contributed by atoms with Crippen LogP contribution in [0.3, 0.4) is 0 Å². The predicted molar refractivity (Wildman–Crippen MR) is 47.9 cm³/mol. The quantitative estimate of drug-likeness (QED) is 0.498. The van der Waals surface area contributed by atoms with Gasteiger partial charge < -0.3 is 10.5 Å². The maximum Gasteiger partial charge on any atom is 0.356 e. The molecule has 0 aromatic carbocycles. The lowest BCUT2D eigenvalue weighted by Gasteiger charge is -2.00. The van der Waals surface area contributed by atoms with Gasteiger partial charge >= 0.3 is 5.97 Å². The molecule has 0 saturated carbocycles. The van der Waals surface area contributed by atoms with Crippen molar-refractivity contribution in [1.82, 2.24) is 4.98 Å². The molecular formula is C9H8N2O2. The number of aromatic nitrogens is 1. The molecular weight excluding hydrogens is 168 g/mol. The highest BCUT2D eigenvalue weighted by molar-refractivity contribution is 5.88.